The first-order valence-electron chi connectivity index (χ1n) is 9.50. The summed E-state index contributed by atoms with van der Waals surface area (Å²) in [5, 5.41) is 10.4. The van der Waals surface area contributed by atoms with E-state index in [9.17, 15) is 14.7 Å². The Morgan fingerprint density at radius 2 is 2.07 bits per heavy atom. The summed E-state index contributed by atoms with van der Waals surface area (Å²) in [4.78, 5) is 31.0. The van der Waals surface area contributed by atoms with Gasteiger partial charge in [-0.1, -0.05) is 0 Å². The van der Waals surface area contributed by atoms with E-state index in [-0.39, 0.29) is 36.5 Å². The molecule has 0 spiro atoms. The molecule has 1 aliphatic heterocycles. The van der Waals surface area contributed by atoms with Crippen molar-refractivity contribution >= 4 is 59.1 Å². The van der Waals surface area contributed by atoms with Crippen molar-refractivity contribution < 1.29 is 19.4 Å². The maximum atomic E-state index is 12.9. The Hall–Kier alpha value is -1.60. The fourth-order valence-corrected chi connectivity index (χ4v) is 4.20. The van der Waals surface area contributed by atoms with Crippen LogP contribution in [0.1, 0.15) is 29.6 Å². The molecule has 6 nitrogen and oxygen atoms in total. The molecule has 1 aromatic heterocycles. The number of carbonyl (C=O) groups excluding carboxylic acids is 1. The highest BCUT2D eigenvalue weighted by atomic mass is 35.5. The molecule has 2 aromatic rings. The molecule has 2 heterocycles. The largest absolute Gasteiger partial charge is 0.497 e. The van der Waals surface area contributed by atoms with Crippen LogP contribution in [0, 0.1) is 11.8 Å². The normalized spacial score (nSPS) is 18.9. The Labute approximate surface area is 193 Å². The summed E-state index contributed by atoms with van der Waals surface area (Å²) in [7, 11) is 1.58. The van der Waals surface area contributed by atoms with Gasteiger partial charge >= 0.3 is 5.97 Å². The number of likely N-dealkylation sites (tertiary alicyclic amines) is 1. The van der Waals surface area contributed by atoms with Crippen LogP contribution in [0.4, 0.5) is 0 Å². The first-order valence-corrected chi connectivity index (χ1v) is 10.0. The van der Waals surface area contributed by atoms with Crippen LogP contribution in [0.15, 0.2) is 30.5 Å². The molecule has 0 radical (unpaired) electrons. The number of carboxylic acid groups (broad SMARTS) is 1. The van der Waals surface area contributed by atoms with Gasteiger partial charge in [-0.15, -0.1) is 36.4 Å². The van der Waals surface area contributed by atoms with E-state index < -0.39 is 11.9 Å². The van der Waals surface area contributed by atoms with Gasteiger partial charge in [0.25, 0.3) is 0 Å². The van der Waals surface area contributed by atoms with Gasteiger partial charge < -0.3 is 14.7 Å². The Bertz CT molecular complexity index is 865. The van der Waals surface area contributed by atoms with E-state index in [1.54, 1.807) is 19.4 Å². The predicted molar refractivity (Wildman–Crippen MR) is 123 cm³/mol. The fourth-order valence-electron chi connectivity index (χ4n) is 3.96. The lowest BCUT2D eigenvalue weighted by Gasteiger charge is -2.36. The third-order valence-corrected chi connectivity index (χ3v) is 5.72. The molecule has 3 rings (SSSR count). The highest BCUT2D eigenvalue weighted by molar-refractivity contribution is 6.18. The number of pyridine rings is 1. The Morgan fingerprint density at radius 1 is 1.30 bits per heavy atom. The molecular weight excluding hydrogens is 451 g/mol. The summed E-state index contributed by atoms with van der Waals surface area (Å²) in [5.74, 6) is -0.0840. The van der Waals surface area contributed by atoms with Crippen LogP contribution in [0.25, 0.3) is 10.9 Å². The Balaban J connectivity index is 0.00000225. The van der Waals surface area contributed by atoms with Crippen LogP contribution in [0.5, 0.6) is 5.75 Å². The summed E-state index contributed by atoms with van der Waals surface area (Å²) in [5.41, 5.74) is 1.35. The van der Waals surface area contributed by atoms with Gasteiger partial charge in [0, 0.05) is 42.5 Å². The number of carbonyl (C=O) groups is 2. The van der Waals surface area contributed by atoms with Crippen molar-refractivity contribution in [3.63, 3.8) is 0 Å². The summed E-state index contributed by atoms with van der Waals surface area (Å²) in [6, 6.07) is 7.19. The number of benzene rings is 1. The van der Waals surface area contributed by atoms with Crippen molar-refractivity contribution in [3.05, 3.63) is 36.0 Å². The zero-order valence-corrected chi connectivity index (χ0v) is 19.1. The van der Waals surface area contributed by atoms with E-state index in [4.69, 9.17) is 16.3 Å². The number of nitrogens with zero attached hydrogens (tertiary/aromatic N) is 2. The lowest BCUT2D eigenvalue weighted by molar-refractivity contribution is -0.146. The van der Waals surface area contributed by atoms with Crippen LogP contribution in [-0.2, 0) is 4.79 Å². The van der Waals surface area contributed by atoms with E-state index in [1.165, 1.54) is 0 Å². The lowest BCUT2D eigenvalue weighted by atomic mass is 9.81. The summed E-state index contributed by atoms with van der Waals surface area (Å²) >= 11 is 5.79. The first-order chi connectivity index (χ1) is 13.5. The SMILES string of the molecule is COc1ccc2nccc(C(=O)CC[C@@H]3CCN(CCCl)C[C@@H]3C(=O)O)c2c1.Cl.Cl. The van der Waals surface area contributed by atoms with Crippen molar-refractivity contribution in [2.75, 3.05) is 32.6 Å². The second-order valence-electron chi connectivity index (χ2n) is 7.19. The Kier molecular flexibility index (Phi) is 10.8. The molecule has 1 N–H and O–H groups in total. The number of aliphatic carboxylic acids is 1. The average molecular weight is 478 g/mol. The van der Waals surface area contributed by atoms with E-state index in [2.05, 4.69) is 9.88 Å². The molecule has 2 atom stereocenters. The summed E-state index contributed by atoms with van der Waals surface area (Å²) in [6.45, 7) is 2.02. The molecule has 9 heteroatoms. The van der Waals surface area contributed by atoms with Crippen molar-refractivity contribution in [1.82, 2.24) is 9.88 Å². The number of carboxylic acids is 1. The highest BCUT2D eigenvalue weighted by Crippen LogP contribution is 2.30. The van der Waals surface area contributed by atoms with E-state index >= 15 is 0 Å². The number of rotatable bonds is 8. The number of halogens is 3. The number of ketones is 1. The number of alkyl halides is 1. The van der Waals surface area contributed by atoms with Gasteiger partial charge in [-0.2, -0.15) is 0 Å². The molecule has 0 aliphatic carbocycles. The minimum Gasteiger partial charge on any atom is -0.497 e. The number of piperidine rings is 1. The highest BCUT2D eigenvalue weighted by Gasteiger charge is 2.34. The number of methoxy groups -OCH3 is 1. The van der Waals surface area contributed by atoms with Gasteiger partial charge in [0.05, 0.1) is 18.5 Å². The zero-order chi connectivity index (χ0) is 20.1. The van der Waals surface area contributed by atoms with Crippen LogP contribution >= 0.6 is 36.4 Å². The van der Waals surface area contributed by atoms with Crippen molar-refractivity contribution in [3.8, 4) is 5.75 Å². The second kappa shape index (κ2) is 12.3. The van der Waals surface area contributed by atoms with Crippen LogP contribution in [-0.4, -0.2) is 59.4 Å². The van der Waals surface area contributed by atoms with Gasteiger partial charge in [-0.05, 0) is 49.6 Å². The topological polar surface area (TPSA) is 79.7 Å². The van der Waals surface area contributed by atoms with Gasteiger partial charge in [-0.25, -0.2) is 0 Å². The van der Waals surface area contributed by atoms with Crippen molar-refractivity contribution in [2.24, 2.45) is 11.8 Å². The molecule has 1 fully saturated rings. The lowest BCUT2D eigenvalue weighted by Crippen LogP contribution is -2.44. The van der Waals surface area contributed by atoms with Gasteiger partial charge in [0.2, 0.25) is 0 Å². The van der Waals surface area contributed by atoms with Crippen LogP contribution in [0.3, 0.4) is 0 Å². The summed E-state index contributed by atoms with van der Waals surface area (Å²) in [6.07, 6.45) is 3.29. The predicted octanol–water partition coefficient (Wildman–Crippen LogP) is 4.31. The quantitative estimate of drug-likeness (QED) is 0.451. The number of aromatic nitrogens is 1. The molecule has 0 saturated carbocycles. The van der Waals surface area contributed by atoms with E-state index in [0.717, 1.165) is 23.9 Å². The Morgan fingerprint density at radius 3 is 2.73 bits per heavy atom. The maximum Gasteiger partial charge on any atom is 0.308 e. The number of Topliss-reactive ketones (excluding diaryl/α,β-unsaturated/α-hetero) is 1. The van der Waals surface area contributed by atoms with Crippen molar-refractivity contribution in [1.29, 1.82) is 0 Å². The minimum absolute atomic E-state index is 0. The number of ether oxygens (including phenoxy) is 1. The smallest absolute Gasteiger partial charge is 0.308 e. The first kappa shape index (κ1) is 26.4. The molecule has 166 valence electrons. The van der Waals surface area contributed by atoms with Gasteiger partial charge in [0.15, 0.2) is 5.78 Å². The number of hydrogen-bond donors (Lipinski definition) is 1. The molecule has 1 aliphatic rings. The summed E-state index contributed by atoms with van der Waals surface area (Å²) < 4.78 is 5.26. The standard InChI is InChI=1S/C21H25ClN2O4.2ClH/c1-28-15-3-4-19-17(12-15)16(6-9-23-19)20(25)5-2-14-7-10-24(11-8-22)13-18(14)21(26)27;;/h3-4,6,9,12,14,18H,2,5,7-8,10-11,13H2,1H3,(H,26,27);2*1H/t14-,18+;;/m1../s1. The number of hydrogen-bond acceptors (Lipinski definition) is 5. The molecule has 0 bridgehead atoms. The fraction of sp³-hybridized carbons (Fsp3) is 0.476. The van der Waals surface area contributed by atoms with Gasteiger partial charge in [0.1, 0.15) is 5.75 Å². The zero-order valence-electron chi connectivity index (χ0n) is 16.8. The monoisotopic (exact) mass is 476 g/mol. The van der Waals surface area contributed by atoms with E-state index in [1.807, 2.05) is 18.2 Å². The molecule has 30 heavy (non-hydrogen) atoms. The third kappa shape index (κ3) is 6.20. The number of fused-ring (bicyclic) bond motifs is 1. The van der Waals surface area contributed by atoms with Crippen molar-refractivity contribution in [2.45, 2.75) is 19.3 Å². The van der Waals surface area contributed by atoms with Crippen LogP contribution < -0.4 is 4.74 Å². The molecular formula is C21H27Cl3N2O4. The molecule has 0 unspecified atom stereocenters. The molecule has 1 saturated heterocycles. The molecule has 0 amide bonds. The second-order valence-corrected chi connectivity index (χ2v) is 7.56. The third-order valence-electron chi connectivity index (χ3n) is 5.55. The van der Waals surface area contributed by atoms with E-state index in [0.29, 0.717) is 43.1 Å². The van der Waals surface area contributed by atoms with Crippen LogP contribution in [0.2, 0.25) is 0 Å². The average Bonchev–Trinajstić information content (AvgIpc) is 2.71. The van der Waals surface area contributed by atoms with Gasteiger partial charge in [-0.3, -0.25) is 14.6 Å². The maximum absolute atomic E-state index is 12.9. The minimum atomic E-state index is -0.796. The molecule has 1 aromatic carbocycles.